The normalized spacial score (nSPS) is 9.42. The number of carbonyl (C=O) groups excluding carboxylic acids is 1. The summed E-state index contributed by atoms with van der Waals surface area (Å²) in [7, 11) is 0. The van der Waals surface area contributed by atoms with Crippen molar-refractivity contribution in [3.63, 3.8) is 0 Å². The highest BCUT2D eigenvalue weighted by Crippen LogP contribution is 2.16. The molecule has 0 unspecified atom stereocenters. The molecule has 1 rings (SSSR count). The molecule has 0 aliphatic heterocycles. The molecule has 0 saturated heterocycles. The van der Waals surface area contributed by atoms with Gasteiger partial charge < -0.3 is 4.98 Å². The van der Waals surface area contributed by atoms with E-state index in [2.05, 4.69) is 4.98 Å². The second-order valence-corrected chi connectivity index (χ2v) is 2.60. The molecule has 0 atom stereocenters. The van der Waals surface area contributed by atoms with Gasteiger partial charge in [0.1, 0.15) is 11.8 Å². The topological polar surface area (TPSA) is 56.6 Å². The Hall–Kier alpha value is -1.56. The molecule has 0 aromatic carbocycles. The number of hydrogen-bond donors (Lipinski definition) is 1. The summed E-state index contributed by atoms with van der Waals surface area (Å²) >= 11 is 0. The molecule has 0 spiro atoms. The predicted molar refractivity (Wildman–Crippen MR) is 45.0 cm³/mol. The number of H-pyrrole nitrogens is 1. The van der Waals surface area contributed by atoms with Gasteiger partial charge in [0.15, 0.2) is 6.29 Å². The van der Waals surface area contributed by atoms with Crippen LogP contribution in [0.4, 0.5) is 0 Å². The van der Waals surface area contributed by atoms with Gasteiger partial charge in [0, 0.05) is 0 Å². The third-order valence-corrected chi connectivity index (χ3v) is 2.00. The number of carbonyl (C=O) groups is 1. The summed E-state index contributed by atoms with van der Waals surface area (Å²) < 4.78 is 0. The highest BCUT2D eigenvalue weighted by atomic mass is 16.1. The zero-order valence-corrected chi connectivity index (χ0v) is 7.14. The zero-order chi connectivity index (χ0) is 9.14. The summed E-state index contributed by atoms with van der Waals surface area (Å²) in [6, 6.07) is 2.03. The van der Waals surface area contributed by atoms with Crippen molar-refractivity contribution in [2.24, 2.45) is 0 Å². The first-order valence-corrected chi connectivity index (χ1v) is 3.81. The fraction of sp³-hybridized carbons (Fsp3) is 0.333. The van der Waals surface area contributed by atoms with E-state index >= 15 is 0 Å². The Balaban J connectivity index is 3.34. The van der Waals surface area contributed by atoms with E-state index in [1.165, 1.54) is 0 Å². The smallest absolute Gasteiger partial charge is 0.166 e. The van der Waals surface area contributed by atoms with E-state index in [9.17, 15) is 4.79 Å². The van der Waals surface area contributed by atoms with E-state index in [1.807, 2.05) is 19.9 Å². The molecule has 0 saturated carbocycles. The van der Waals surface area contributed by atoms with E-state index in [4.69, 9.17) is 5.26 Å². The lowest BCUT2D eigenvalue weighted by atomic mass is 10.1. The van der Waals surface area contributed by atoms with E-state index < -0.39 is 0 Å². The maximum Gasteiger partial charge on any atom is 0.166 e. The van der Waals surface area contributed by atoms with Crippen LogP contribution in [-0.2, 0) is 6.42 Å². The second-order valence-electron chi connectivity index (χ2n) is 2.60. The molecule has 0 aliphatic rings. The number of rotatable bonds is 2. The number of nitrogens with one attached hydrogen (secondary N) is 1. The lowest BCUT2D eigenvalue weighted by Crippen LogP contribution is -1.85. The van der Waals surface area contributed by atoms with Crippen molar-refractivity contribution in [3.05, 3.63) is 22.5 Å². The van der Waals surface area contributed by atoms with Crippen molar-refractivity contribution in [1.82, 2.24) is 4.98 Å². The van der Waals surface area contributed by atoms with Crippen molar-refractivity contribution >= 4 is 6.29 Å². The number of nitrogens with zero attached hydrogens (tertiary/aromatic N) is 1. The quantitative estimate of drug-likeness (QED) is 0.671. The van der Waals surface area contributed by atoms with Gasteiger partial charge in [-0.2, -0.15) is 5.26 Å². The Labute approximate surface area is 71.0 Å². The molecular formula is C9H10N2O. The minimum Gasteiger partial charge on any atom is -0.344 e. The van der Waals surface area contributed by atoms with E-state index in [-0.39, 0.29) is 0 Å². The summed E-state index contributed by atoms with van der Waals surface area (Å²) in [5, 5.41) is 8.69. The highest BCUT2D eigenvalue weighted by Gasteiger charge is 2.10. The summed E-state index contributed by atoms with van der Waals surface area (Å²) in [5.74, 6) is 0. The molecule has 1 N–H and O–H groups in total. The number of aromatic nitrogens is 1. The molecule has 3 nitrogen and oxygen atoms in total. The Morgan fingerprint density at radius 1 is 1.67 bits per heavy atom. The fourth-order valence-corrected chi connectivity index (χ4v) is 1.31. The maximum absolute atomic E-state index is 10.5. The first-order chi connectivity index (χ1) is 5.74. The molecule has 0 aliphatic carbocycles. The Bertz CT molecular complexity index is 344. The van der Waals surface area contributed by atoms with Gasteiger partial charge >= 0.3 is 0 Å². The van der Waals surface area contributed by atoms with E-state index in [0.717, 1.165) is 23.8 Å². The molecule has 3 heteroatoms. The molecule has 0 fully saturated rings. The van der Waals surface area contributed by atoms with Crippen LogP contribution in [0.2, 0.25) is 0 Å². The van der Waals surface area contributed by atoms with Crippen molar-refractivity contribution in [2.45, 2.75) is 20.3 Å². The molecular weight excluding hydrogens is 152 g/mol. The van der Waals surface area contributed by atoms with Crippen LogP contribution in [0.25, 0.3) is 0 Å². The van der Waals surface area contributed by atoms with Crippen molar-refractivity contribution in [2.75, 3.05) is 0 Å². The first kappa shape index (κ1) is 8.54. The van der Waals surface area contributed by atoms with Gasteiger partial charge in [-0.3, -0.25) is 4.79 Å². The van der Waals surface area contributed by atoms with Crippen LogP contribution in [-0.4, -0.2) is 11.3 Å². The predicted octanol–water partition coefficient (Wildman–Crippen LogP) is 1.57. The Kier molecular flexibility index (Phi) is 2.29. The standard InChI is InChI=1S/C9H10N2O/c1-3-7-6(2)9(5-12)11-8(7)4-10/h5,11H,3H2,1-2H3. The van der Waals surface area contributed by atoms with Crippen LogP contribution >= 0.6 is 0 Å². The highest BCUT2D eigenvalue weighted by molar-refractivity contribution is 5.76. The summed E-state index contributed by atoms with van der Waals surface area (Å²) in [4.78, 5) is 13.3. The molecule has 1 heterocycles. The average Bonchev–Trinajstić information content (AvgIpc) is 2.41. The monoisotopic (exact) mass is 162 g/mol. The Morgan fingerprint density at radius 3 is 2.67 bits per heavy atom. The molecule has 1 aromatic heterocycles. The zero-order valence-electron chi connectivity index (χ0n) is 7.14. The maximum atomic E-state index is 10.5. The molecule has 0 amide bonds. The lowest BCUT2D eigenvalue weighted by Gasteiger charge is -1.92. The molecule has 0 radical (unpaired) electrons. The molecule has 12 heavy (non-hydrogen) atoms. The number of hydrogen-bond acceptors (Lipinski definition) is 2. The van der Waals surface area contributed by atoms with Crippen LogP contribution in [0.15, 0.2) is 0 Å². The van der Waals surface area contributed by atoms with E-state index in [1.54, 1.807) is 0 Å². The number of aromatic amines is 1. The van der Waals surface area contributed by atoms with E-state index in [0.29, 0.717) is 11.4 Å². The third kappa shape index (κ3) is 1.12. The van der Waals surface area contributed by atoms with Gasteiger partial charge in [0.2, 0.25) is 0 Å². The lowest BCUT2D eigenvalue weighted by molar-refractivity contribution is 0.111. The molecule has 1 aromatic rings. The fourth-order valence-electron chi connectivity index (χ4n) is 1.31. The van der Waals surface area contributed by atoms with Gasteiger partial charge in [0.05, 0.1) is 5.69 Å². The van der Waals surface area contributed by atoms with Gasteiger partial charge in [-0.05, 0) is 24.5 Å². The van der Waals surface area contributed by atoms with Gasteiger partial charge in [0.25, 0.3) is 0 Å². The van der Waals surface area contributed by atoms with Gasteiger partial charge in [-0.15, -0.1) is 0 Å². The molecule has 62 valence electrons. The minimum absolute atomic E-state index is 0.511. The Morgan fingerprint density at radius 2 is 2.33 bits per heavy atom. The van der Waals surface area contributed by atoms with Crippen molar-refractivity contribution in [1.29, 1.82) is 5.26 Å². The largest absolute Gasteiger partial charge is 0.344 e. The average molecular weight is 162 g/mol. The summed E-state index contributed by atoms with van der Waals surface area (Å²) in [5.41, 5.74) is 2.86. The molecule has 0 bridgehead atoms. The SMILES string of the molecule is CCc1c(C#N)[nH]c(C=O)c1C. The van der Waals surface area contributed by atoms with Crippen molar-refractivity contribution in [3.8, 4) is 6.07 Å². The summed E-state index contributed by atoms with van der Waals surface area (Å²) in [6.45, 7) is 3.81. The third-order valence-electron chi connectivity index (χ3n) is 2.00. The van der Waals surface area contributed by atoms with Crippen LogP contribution in [0.1, 0.15) is 34.2 Å². The summed E-state index contributed by atoms with van der Waals surface area (Å²) in [6.07, 6.45) is 1.52. The van der Waals surface area contributed by atoms with Crippen LogP contribution in [0, 0.1) is 18.3 Å². The second kappa shape index (κ2) is 3.22. The van der Waals surface area contributed by atoms with Crippen molar-refractivity contribution < 1.29 is 4.79 Å². The van der Waals surface area contributed by atoms with Crippen LogP contribution in [0.3, 0.4) is 0 Å². The minimum atomic E-state index is 0.511. The van der Waals surface area contributed by atoms with Gasteiger partial charge in [-0.25, -0.2) is 0 Å². The van der Waals surface area contributed by atoms with Gasteiger partial charge in [-0.1, -0.05) is 6.92 Å². The van der Waals surface area contributed by atoms with Crippen LogP contribution in [0.5, 0.6) is 0 Å². The number of aldehydes is 1. The number of nitriles is 1. The first-order valence-electron chi connectivity index (χ1n) is 3.81. The van der Waals surface area contributed by atoms with Crippen LogP contribution < -0.4 is 0 Å².